The molecule has 0 aliphatic heterocycles. The van der Waals surface area contributed by atoms with Gasteiger partial charge in [0.1, 0.15) is 6.61 Å². The van der Waals surface area contributed by atoms with Gasteiger partial charge >= 0.3 is 0 Å². The zero-order valence-corrected chi connectivity index (χ0v) is 17.1. The number of hydrogen-bond donors (Lipinski definition) is 2. The number of amides is 1. The van der Waals surface area contributed by atoms with Crippen LogP contribution in [-0.2, 0) is 19.0 Å². The lowest BCUT2D eigenvalue weighted by Crippen LogP contribution is -2.29. The van der Waals surface area contributed by atoms with Crippen molar-refractivity contribution in [3.05, 3.63) is 12.3 Å². The fourth-order valence-electron chi connectivity index (χ4n) is 2.16. The maximum atomic E-state index is 11.4. The highest BCUT2D eigenvalue weighted by Crippen LogP contribution is 1.97. The van der Waals surface area contributed by atoms with E-state index in [1.54, 1.807) is 0 Å². The van der Waals surface area contributed by atoms with Crippen molar-refractivity contribution >= 4 is 5.91 Å². The van der Waals surface area contributed by atoms with Crippen molar-refractivity contribution < 1.29 is 19.0 Å². The predicted octanol–water partition coefficient (Wildman–Crippen LogP) is 3.02. The largest absolute Gasteiger partial charge is 0.389 e. The lowest BCUT2D eigenvalue weighted by atomic mass is 10.2. The van der Waals surface area contributed by atoms with Gasteiger partial charge in [0, 0.05) is 32.0 Å². The van der Waals surface area contributed by atoms with Gasteiger partial charge in [-0.15, -0.1) is 0 Å². The van der Waals surface area contributed by atoms with E-state index in [2.05, 4.69) is 17.2 Å². The SMILES string of the molecule is C=C(C)NCCCCCOCCOCCCCCNC(=O)COC(C)C. The topological polar surface area (TPSA) is 68.8 Å². The number of hydrogen-bond acceptors (Lipinski definition) is 5. The van der Waals surface area contributed by atoms with E-state index in [1.807, 2.05) is 20.8 Å². The van der Waals surface area contributed by atoms with Gasteiger partial charge in [-0.05, 0) is 59.3 Å². The van der Waals surface area contributed by atoms with Gasteiger partial charge in [-0.25, -0.2) is 0 Å². The molecule has 0 heterocycles. The number of carbonyl (C=O) groups excluding carboxylic acids is 1. The number of allylic oxidation sites excluding steroid dienone is 1. The van der Waals surface area contributed by atoms with Gasteiger partial charge in [0.25, 0.3) is 0 Å². The fraction of sp³-hybridized carbons (Fsp3) is 0.850. The van der Waals surface area contributed by atoms with Crippen LogP contribution in [0.5, 0.6) is 0 Å². The maximum Gasteiger partial charge on any atom is 0.246 e. The van der Waals surface area contributed by atoms with Gasteiger partial charge < -0.3 is 24.8 Å². The van der Waals surface area contributed by atoms with Crippen LogP contribution in [0.4, 0.5) is 0 Å². The van der Waals surface area contributed by atoms with Crippen LogP contribution in [0, 0.1) is 0 Å². The zero-order valence-electron chi connectivity index (χ0n) is 17.1. The Morgan fingerprint density at radius 2 is 1.38 bits per heavy atom. The summed E-state index contributed by atoms with van der Waals surface area (Å²) in [4.78, 5) is 11.4. The minimum absolute atomic E-state index is 0.0424. The summed E-state index contributed by atoms with van der Waals surface area (Å²) in [6.45, 7) is 14.3. The van der Waals surface area contributed by atoms with Crippen LogP contribution in [0.3, 0.4) is 0 Å². The first-order valence-electron chi connectivity index (χ1n) is 9.95. The first-order chi connectivity index (χ1) is 12.5. The third kappa shape index (κ3) is 20.9. The van der Waals surface area contributed by atoms with Gasteiger partial charge in [0.2, 0.25) is 5.91 Å². The van der Waals surface area contributed by atoms with Crippen molar-refractivity contribution in [2.75, 3.05) is 46.1 Å². The molecule has 0 rings (SSSR count). The summed E-state index contributed by atoms with van der Waals surface area (Å²) in [7, 11) is 0. The number of unbranched alkanes of at least 4 members (excludes halogenated alkanes) is 4. The average Bonchev–Trinajstić information content (AvgIpc) is 2.59. The summed E-state index contributed by atoms with van der Waals surface area (Å²) in [6, 6.07) is 0. The molecule has 0 aromatic heterocycles. The van der Waals surface area contributed by atoms with Gasteiger partial charge in [-0.1, -0.05) is 6.58 Å². The summed E-state index contributed by atoms with van der Waals surface area (Å²) >= 11 is 0. The highest BCUT2D eigenvalue weighted by Gasteiger charge is 2.02. The van der Waals surface area contributed by atoms with Crippen LogP contribution in [0.15, 0.2) is 12.3 Å². The van der Waals surface area contributed by atoms with E-state index >= 15 is 0 Å². The van der Waals surface area contributed by atoms with Gasteiger partial charge in [-0.2, -0.15) is 0 Å². The molecule has 6 heteroatoms. The molecule has 26 heavy (non-hydrogen) atoms. The summed E-state index contributed by atoms with van der Waals surface area (Å²) in [5.74, 6) is -0.0424. The fourth-order valence-corrected chi connectivity index (χ4v) is 2.16. The monoisotopic (exact) mass is 372 g/mol. The highest BCUT2D eigenvalue weighted by molar-refractivity contribution is 5.77. The quantitative estimate of drug-likeness (QED) is 0.341. The smallest absolute Gasteiger partial charge is 0.246 e. The second-order valence-corrected chi connectivity index (χ2v) is 6.76. The van der Waals surface area contributed by atoms with E-state index in [0.29, 0.717) is 19.8 Å². The molecule has 154 valence electrons. The van der Waals surface area contributed by atoms with Crippen molar-refractivity contribution in [1.29, 1.82) is 0 Å². The molecule has 1 amide bonds. The Labute approximate surface area is 160 Å². The summed E-state index contributed by atoms with van der Waals surface area (Å²) in [6.07, 6.45) is 6.52. The van der Waals surface area contributed by atoms with Crippen molar-refractivity contribution in [1.82, 2.24) is 10.6 Å². The minimum atomic E-state index is -0.0424. The average molecular weight is 373 g/mol. The van der Waals surface area contributed by atoms with Crippen molar-refractivity contribution in [2.24, 2.45) is 0 Å². The molecule has 0 aliphatic carbocycles. The highest BCUT2D eigenvalue weighted by atomic mass is 16.5. The Bertz CT molecular complexity index is 349. The maximum absolute atomic E-state index is 11.4. The lowest BCUT2D eigenvalue weighted by Gasteiger charge is -2.08. The van der Waals surface area contributed by atoms with E-state index < -0.39 is 0 Å². The molecule has 0 radical (unpaired) electrons. The third-order valence-electron chi connectivity index (χ3n) is 3.60. The number of nitrogens with one attached hydrogen (secondary N) is 2. The van der Waals surface area contributed by atoms with Crippen LogP contribution < -0.4 is 10.6 Å². The molecule has 0 bridgehead atoms. The molecule has 0 spiro atoms. The van der Waals surface area contributed by atoms with Crippen LogP contribution in [-0.4, -0.2) is 58.1 Å². The van der Waals surface area contributed by atoms with E-state index in [4.69, 9.17) is 14.2 Å². The Morgan fingerprint density at radius 3 is 1.88 bits per heavy atom. The Hall–Kier alpha value is -1.11. The molecule has 0 saturated heterocycles. The Morgan fingerprint density at radius 1 is 0.846 bits per heavy atom. The molecule has 2 N–H and O–H groups in total. The normalized spacial score (nSPS) is 10.9. The second kappa shape index (κ2) is 18.7. The first kappa shape index (κ1) is 24.9. The molecule has 0 aromatic rings. The number of carbonyl (C=O) groups is 1. The molecule has 0 aromatic carbocycles. The molecule has 0 saturated carbocycles. The van der Waals surface area contributed by atoms with Crippen LogP contribution in [0.25, 0.3) is 0 Å². The molecule has 0 aliphatic rings. The predicted molar refractivity (Wildman–Crippen MR) is 106 cm³/mol. The van der Waals surface area contributed by atoms with Crippen LogP contribution in [0.1, 0.15) is 59.3 Å². The van der Waals surface area contributed by atoms with E-state index in [1.165, 1.54) is 6.42 Å². The van der Waals surface area contributed by atoms with Crippen molar-refractivity contribution in [3.63, 3.8) is 0 Å². The summed E-state index contributed by atoms with van der Waals surface area (Å²) in [5, 5.41) is 6.08. The molecule has 0 fully saturated rings. The van der Waals surface area contributed by atoms with Gasteiger partial charge in [-0.3, -0.25) is 4.79 Å². The second-order valence-electron chi connectivity index (χ2n) is 6.76. The molecule has 0 unspecified atom stereocenters. The number of rotatable bonds is 19. The lowest BCUT2D eigenvalue weighted by molar-refractivity contribution is -0.127. The van der Waals surface area contributed by atoms with Gasteiger partial charge in [0.05, 0.1) is 19.3 Å². The summed E-state index contributed by atoms with van der Waals surface area (Å²) < 4.78 is 16.3. The van der Waals surface area contributed by atoms with Crippen molar-refractivity contribution in [2.45, 2.75) is 65.4 Å². The molecular weight excluding hydrogens is 332 g/mol. The number of ether oxygens (including phenoxy) is 3. The third-order valence-corrected chi connectivity index (χ3v) is 3.60. The Kier molecular flexibility index (Phi) is 17.9. The van der Waals surface area contributed by atoms with Crippen molar-refractivity contribution in [3.8, 4) is 0 Å². The minimum Gasteiger partial charge on any atom is -0.389 e. The first-order valence-corrected chi connectivity index (χ1v) is 9.95. The summed E-state index contributed by atoms with van der Waals surface area (Å²) in [5.41, 5.74) is 1.03. The van der Waals surface area contributed by atoms with Gasteiger partial charge in [0.15, 0.2) is 0 Å². The zero-order chi connectivity index (χ0) is 19.5. The van der Waals surface area contributed by atoms with E-state index in [9.17, 15) is 4.79 Å². The van der Waals surface area contributed by atoms with Crippen LogP contribution in [0.2, 0.25) is 0 Å². The molecular formula is C20H40N2O4. The standard InChI is InChI=1S/C20H40N2O4/c1-18(2)21-11-7-5-9-13-24-15-16-25-14-10-6-8-12-22-20(23)17-26-19(3)4/h19,21H,1,5-17H2,2-4H3,(H,22,23). The van der Waals surface area contributed by atoms with Crippen LogP contribution >= 0.6 is 0 Å². The molecule has 0 atom stereocenters. The van der Waals surface area contributed by atoms with E-state index in [-0.39, 0.29) is 18.6 Å². The van der Waals surface area contributed by atoms with E-state index in [0.717, 1.165) is 57.6 Å². The molecule has 6 nitrogen and oxygen atoms in total. The Balaban J connectivity index is 3.11.